The molecule has 0 radical (unpaired) electrons. The first kappa shape index (κ1) is 31.6. The van der Waals surface area contributed by atoms with Crippen molar-refractivity contribution in [3.05, 3.63) is 235 Å². The van der Waals surface area contributed by atoms with Crippen LogP contribution >= 0.6 is 0 Å². The highest BCUT2D eigenvalue weighted by Crippen LogP contribution is 2.42. The highest BCUT2D eigenvalue weighted by molar-refractivity contribution is 6.21. The van der Waals surface area contributed by atoms with Crippen molar-refractivity contribution in [1.29, 1.82) is 0 Å². The second-order valence-corrected chi connectivity index (χ2v) is 13.9. The topological polar surface area (TPSA) is 12.9 Å². The maximum Gasteiger partial charge on any atom is 0.0794 e. The second-order valence-electron chi connectivity index (χ2n) is 13.9. The van der Waals surface area contributed by atoms with Gasteiger partial charge in [0.15, 0.2) is 0 Å². The van der Waals surface area contributed by atoms with Crippen molar-refractivity contribution in [3.63, 3.8) is 0 Å². The molecule has 0 saturated carbocycles. The summed E-state index contributed by atoms with van der Waals surface area (Å²) in [7, 11) is 0. The third-order valence-electron chi connectivity index (χ3n) is 10.6. The van der Waals surface area contributed by atoms with E-state index in [1.807, 2.05) is 0 Å². The predicted octanol–water partition coefficient (Wildman–Crippen LogP) is 14.0. The van der Waals surface area contributed by atoms with E-state index < -0.39 is 0 Å². The zero-order valence-electron chi connectivity index (χ0n) is 29.7. The monoisotopic (exact) mass is 685 g/mol. The maximum atomic E-state index is 5.42. The van der Waals surface area contributed by atoms with Crippen LogP contribution in [0.1, 0.15) is 22.3 Å². The molecular formula is C53H35N. The van der Waals surface area contributed by atoms with Crippen molar-refractivity contribution in [2.24, 2.45) is 0 Å². The minimum Gasteiger partial charge on any atom is -0.246 e. The number of benzene rings is 9. The van der Waals surface area contributed by atoms with Gasteiger partial charge in [0.25, 0.3) is 0 Å². The Kier molecular flexibility index (Phi) is 7.89. The Morgan fingerprint density at radius 1 is 0.278 bits per heavy atom. The van der Waals surface area contributed by atoms with E-state index in [1.54, 1.807) is 0 Å². The molecule has 0 fully saturated rings. The number of hydrogen-bond donors (Lipinski definition) is 0. The summed E-state index contributed by atoms with van der Waals surface area (Å²) >= 11 is 0. The lowest BCUT2D eigenvalue weighted by molar-refractivity contribution is 1.50. The number of rotatable bonds is 6. The van der Waals surface area contributed by atoms with Crippen LogP contribution in [0.3, 0.4) is 0 Å². The molecule has 0 atom stereocenters. The van der Waals surface area contributed by atoms with E-state index in [9.17, 15) is 0 Å². The lowest BCUT2D eigenvalue weighted by Crippen LogP contribution is -1.97. The fourth-order valence-corrected chi connectivity index (χ4v) is 8.16. The molecule has 10 aromatic rings. The van der Waals surface area contributed by atoms with Crippen LogP contribution < -0.4 is 0 Å². The van der Waals surface area contributed by atoms with E-state index in [4.69, 9.17) is 4.98 Å². The van der Waals surface area contributed by atoms with Gasteiger partial charge in [0.1, 0.15) is 0 Å². The van der Waals surface area contributed by atoms with Crippen molar-refractivity contribution >= 4 is 54.5 Å². The van der Waals surface area contributed by atoms with Gasteiger partial charge >= 0.3 is 0 Å². The fraction of sp³-hybridized carbons (Fsp3) is 0. The maximum absolute atomic E-state index is 5.42. The molecule has 0 saturated heterocycles. The molecule has 1 heteroatoms. The average molecular weight is 686 g/mol. The minimum atomic E-state index is 1.03. The van der Waals surface area contributed by atoms with Gasteiger partial charge in [0.05, 0.1) is 11.0 Å². The van der Waals surface area contributed by atoms with Gasteiger partial charge in [0.2, 0.25) is 0 Å². The quantitative estimate of drug-likeness (QED) is 0.0964. The minimum absolute atomic E-state index is 1.03. The molecule has 0 unspecified atom stereocenters. The number of nitrogens with zero attached hydrogens (tertiary/aromatic N) is 1. The Morgan fingerprint density at radius 3 is 1.22 bits per heavy atom. The van der Waals surface area contributed by atoms with Gasteiger partial charge in [-0.25, -0.2) is 4.98 Å². The third kappa shape index (κ3) is 5.55. The van der Waals surface area contributed by atoms with Crippen LogP contribution in [0.2, 0.25) is 0 Å². The Balaban J connectivity index is 1.20. The Bertz CT molecular complexity index is 2880. The van der Waals surface area contributed by atoms with Crippen LogP contribution in [0.5, 0.6) is 0 Å². The van der Waals surface area contributed by atoms with Crippen LogP contribution in [0, 0.1) is 0 Å². The summed E-state index contributed by atoms with van der Waals surface area (Å²) in [5, 5.41) is 7.05. The Morgan fingerprint density at radius 2 is 0.685 bits per heavy atom. The molecule has 0 aliphatic rings. The predicted molar refractivity (Wildman–Crippen MR) is 229 cm³/mol. The molecule has 0 bridgehead atoms. The molecule has 1 aromatic heterocycles. The molecule has 54 heavy (non-hydrogen) atoms. The SMILES string of the molecule is c1ccc(C(=C(c2ccccc2)c2cccc(-c3cccc(-c4c5ccc6ccccc6c5nc5c4ccc4ccccc45)c3)c2)c2ccccc2)cc1. The number of hydrogen-bond acceptors (Lipinski definition) is 1. The Hall–Kier alpha value is -7.09. The molecule has 0 spiro atoms. The van der Waals surface area contributed by atoms with Crippen molar-refractivity contribution in [2.75, 3.05) is 0 Å². The van der Waals surface area contributed by atoms with Gasteiger partial charge in [-0.2, -0.15) is 0 Å². The Labute approximate surface area is 315 Å². The second kappa shape index (κ2) is 13.5. The van der Waals surface area contributed by atoms with Crippen LogP contribution in [-0.4, -0.2) is 4.98 Å². The summed E-state index contributed by atoms with van der Waals surface area (Å²) < 4.78 is 0. The van der Waals surface area contributed by atoms with Gasteiger partial charge in [-0.1, -0.05) is 200 Å². The van der Waals surface area contributed by atoms with Crippen molar-refractivity contribution < 1.29 is 0 Å². The van der Waals surface area contributed by atoms with E-state index >= 15 is 0 Å². The van der Waals surface area contributed by atoms with E-state index in [1.165, 1.54) is 77.2 Å². The molecule has 0 N–H and O–H groups in total. The summed E-state index contributed by atoms with van der Waals surface area (Å²) in [6, 6.07) is 76.6. The normalized spacial score (nSPS) is 11.3. The molecule has 1 nitrogen and oxygen atoms in total. The van der Waals surface area contributed by atoms with Crippen LogP contribution in [-0.2, 0) is 0 Å². The summed E-state index contributed by atoms with van der Waals surface area (Å²) in [6.07, 6.45) is 0. The lowest BCUT2D eigenvalue weighted by Gasteiger charge is -2.19. The van der Waals surface area contributed by atoms with Crippen molar-refractivity contribution in [2.45, 2.75) is 0 Å². The molecule has 9 aromatic carbocycles. The lowest BCUT2D eigenvalue weighted by atomic mass is 9.85. The molecule has 10 rings (SSSR count). The average Bonchev–Trinajstić information content (AvgIpc) is 3.25. The number of fused-ring (bicyclic) bond motifs is 6. The summed E-state index contributed by atoms with van der Waals surface area (Å²) in [4.78, 5) is 5.42. The standard InChI is InChI=1S/C53H35N/c1-4-18-38(19-5-1)49(39-20-6-2-7-21-39)50(40-22-8-3-9-23-40)43-26-14-24-41(34-43)42-25-15-27-44(35-42)51-47-32-30-36-16-10-12-28-45(36)52(47)54-53-46-29-13-11-17-37(46)31-33-48(51)53/h1-35H. The van der Waals surface area contributed by atoms with Gasteiger partial charge < -0.3 is 0 Å². The summed E-state index contributed by atoms with van der Waals surface area (Å²) in [6.45, 7) is 0. The molecule has 0 aliphatic heterocycles. The van der Waals surface area contributed by atoms with Gasteiger partial charge in [-0.05, 0) is 73.0 Å². The van der Waals surface area contributed by atoms with E-state index in [2.05, 4.69) is 212 Å². The van der Waals surface area contributed by atoms with Crippen molar-refractivity contribution in [1.82, 2.24) is 4.98 Å². The first-order valence-corrected chi connectivity index (χ1v) is 18.5. The van der Waals surface area contributed by atoms with E-state index in [0.29, 0.717) is 0 Å². The van der Waals surface area contributed by atoms with Gasteiger partial charge in [-0.15, -0.1) is 0 Å². The number of aromatic nitrogens is 1. The zero-order chi connectivity index (χ0) is 35.8. The first-order chi connectivity index (χ1) is 26.8. The number of pyridine rings is 1. The summed E-state index contributed by atoms with van der Waals surface area (Å²) in [5.41, 5.74) is 13.9. The molecule has 0 amide bonds. The third-order valence-corrected chi connectivity index (χ3v) is 10.6. The van der Waals surface area contributed by atoms with E-state index in [0.717, 1.165) is 21.8 Å². The zero-order valence-corrected chi connectivity index (χ0v) is 29.7. The van der Waals surface area contributed by atoms with Gasteiger partial charge in [-0.3, -0.25) is 0 Å². The van der Waals surface area contributed by atoms with Crippen LogP contribution in [0.15, 0.2) is 212 Å². The van der Waals surface area contributed by atoms with E-state index in [-0.39, 0.29) is 0 Å². The largest absolute Gasteiger partial charge is 0.246 e. The fourth-order valence-electron chi connectivity index (χ4n) is 8.16. The highest BCUT2D eigenvalue weighted by Gasteiger charge is 2.18. The molecule has 1 heterocycles. The molecule has 0 aliphatic carbocycles. The highest BCUT2D eigenvalue weighted by atomic mass is 14.7. The summed E-state index contributed by atoms with van der Waals surface area (Å²) in [5.74, 6) is 0. The van der Waals surface area contributed by atoms with Gasteiger partial charge in [0, 0.05) is 27.1 Å². The smallest absolute Gasteiger partial charge is 0.0794 e. The first-order valence-electron chi connectivity index (χ1n) is 18.5. The molecule has 252 valence electrons. The van der Waals surface area contributed by atoms with Crippen molar-refractivity contribution in [3.8, 4) is 22.3 Å². The van der Waals surface area contributed by atoms with Crippen LogP contribution in [0.25, 0.3) is 76.8 Å². The molecular weight excluding hydrogens is 651 g/mol. The van der Waals surface area contributed by atoms with Crippen LogP contribution in [0.4, 0.5) is 0 Å².